The van der Waals surface area contributed by atoms with Gasteiger partial charge in [0.15, 0.2) is 5.79 Å². The molecule has 2 atom stereocenters. The Hall–Kier alpha value is -0.660. The van der Waals surface area contributed by atoms with E-state index in [-0.39, 0.29) is 13.2 Å². The Balaban J connectivity index is 1.96. The summed E-state index contributed by atoms with van der Waals surface area (Å²) >= 11 is 0. The summed E-state index contributed by atoms with van der Waals surface area (Å²) in [5, 5.41) is 3.61. The fraction of sp³-hybridized carbons (Fsp3) is 1.00. The van der Waals surface area contributed by atoms with Gasteiger partial charge in [-0.05, 0) is 31.2 Å². The second-order valence-electron chi connectivity index (χ2n) is 6.96. The van der Waals surface area contributed by atoms with Crippen LogP contribution in [-0.2, 0) is 27.6 Å². The van der Waals surface area contributed by atoms with E-state index in [9.17, 15) is 4.57 Å². The topological polar surface area (TPSA) is 112 Å². The molecular formula is C17H32N3O6P. The molecule has 1 aliphatic heterocycles. The second-order valence-corrected chi connectivity index (χ2v) is 8.63. The number of rotatable bonds is 13. The highest BCUT2D eigenvalue weighted by Crippen LogP contribution is 2.51. The Labute approximate surface area is 161 Å². The van der Waals surface area contributed by atoms with Gasteiger partial charge in [0, 0.05) is 17.8 Å². The zero-order valence-electron chi connectivity index (χ0n) is 16.4. The first-order chi connectivity index (χ1) is 13.1. The van der Waals surface area contributed by atoms with Gasteiger partial charge in [0.25, 0.3) is 0 Å². The highest BCUT2D eigenvalue weighted by atomic mass is 31.2. The van der Waals surface area contributed by atoms with Gasteiger partial charge in [0.05, 0.1) is 32.5 Å². The van der Waals surface area contributed by atoms with Gasteiger partial charge in [0.1, 0.15) is 6.10 Å². The Morgan fingerprint density at radius 1 is 1.07 bits per heavy atom. The third kappa shape index (κ3) is 7.02. The number of ether oxygens (including phenoxy) is 2. The summed E-state index contributed by atoms with van der Waals surface area (Å²) in [4.78, 5) is 2.80. The number of hydrogen-bond donors (Lipinski definition) is 0. The van der Waals surface area contributed by atoms with Crippen LogP contribution in [0.5, 0.6) is 0 Å². The number of phosphoric acid groups is 1. The summed E-state index contributed by atoms with van der Waals surface area (Å²) in [6.45, 7) is 4.82. The Morgan fingerprint density at radius 2 is 1.67 bits per heavy atom. The van der Waals surface area contributed by atoms with E-state index in [1.807, 2.05) is 13.8 Å². The third-order valence-corrected chi connectivity index (χ3v) is 6.19. The highest BCUT2D eigenvalue weighted by molar-refractivity contribution is 7.48. The lowest BCUT2D eigenvalue weighted by Crippen LogP contribution is -2.30. The fourth-order valence-corrected chi connectivity index (χ4v) is 4.47. The summed E-state index contributed by atoms with van der Waals surface area (Å²) < 4.78 is 41.5. The number of nitrogens with zero attached hydrogens (tertiary/aromatic N) is 3. The maximum absolute atomic E-state index is 12.9. The molecule has 0 aromatic carbocycles. The van der Waals surface area contributed by atoms with Crippen molar-refractivity contribution in [2.24, 2.45) is 5.11 Å². The highest BCUT2D eigenvalue weighted by Gasteiger charge is 2.49. The SMILES string of the molecule is CCCCOP(=O)(OCCCC)OC[C@@H]1OC2(CCCC2)O[C@H]1CN=[N+]=[N-]. The summed E-state index contributed by atoms with van der Waals surface area (Å²) in [7, 11) is -3.67. The van der Waals surface area contributed by atoms with Gasteiger partial charge >= 0.3 is 7.82 Å². The Kier molecular flexibility index (Phi) is 9.53. The van der Waals surface area contributed by atoms with E-state index in [0.717, 1.165) is 51.4 Å². The minimum absolute atomic E-state index is 0.00287. The van der Waals surface area contributed by atoms with Crippen molar-refractivity contribution in [2.75, 3.05) is 26.4 Å². The fourth-order valence-electron chi connectivity index (χ4n) is 3.21. The van der Waals surface area contributed by atoms with Crippen LogP contribution in [0.4, 0.5) is 0 Å². The molecule has 0 unspecified atom stereocenters. The first-order valence-electron chi connectivity index (χ1n) is 9.96. The van der Waals surface area contributed by atoms with Crippen LogP contribution in [0, 0.1) is 0 Å². The molecule has 2 aliphatic rings. The van der Waals surface area contributed by atoms with Crippen molar-refractivity contribution in [3.63, 3.8) is 0 Å². The molecular weight excluding hydrogens is 373 g/mol. The predicted molar refractivity (Wildman–Crippen MR) is 100 cm³/mol. The van der Waals surface area contributed by atoms with Crippen molar-refractivity contribution in [1.29, 1.82) is 0 Å². The van der Waals surface area contributed by atoms with Crippen LogP contribution in [0.1, 0.15) is 65.2 Å². The summed E-state index contributed by atoms with van der Waals surface area (Å²) in [5.74, 6) is -0.639. The van der Waals surface area contributed by atoms with Gasteiger partial charge in [-0.1, -0.05) is 31.8 Å². The van der Waals surface area contributed by atoms with Crippen LogP contribution in [0.3, 0.4) is 0 Å². The minimum Gasteiger partial charge on any atom is -0.344 e. The molecule has 0 amide bonds. The molecule has 27 heavy (non-hydrogen) atoms. The molecule has 0 N–H and O–H groups in total. The molecule has 2 fully saturated rings. The number of unbranched alkanes of at least 4 members (excludes halogenated alkanes) is 2. The van der Waals surface area contributed by atoms with E-state index in [1.165, 1.54) is 0 Å². The van der Waals surface area contributed by atoms with Gasteiger partial charge in [-0.25, -0.2) is 4.57 Å². The molecule has 1 heterocycles. The van der Waals surface area contributed by atoms with Crippen molar-refractivity contribution >= 4 is 7.82 Å². The van der Waals surface area contributed by atoms with Crippen molar-refractivity contribution in [3.8, 4) is 0 Å². The third-order valence-electron chi connectivity index (χ3n) is 4.73. The molecule has 9 nitrogen and oxygen atoms in total. The van der Waals surface area contributed by atoms with Crippen molar-refractivity contribution < 1.29 is 27.6 Å². The van der Waals surface area contributed by atoms with Crippen LogP contribution in [-0.4, -0.2) is 44.4 Å². The molecule has 2 rings (SSSR count). The van der Waals surface area contributed by atoms with Crippen LogP contribution >= 0.6 is 7.82 Å². The van der Waals surface area contributed by atoms with Crippen molar-refractivity contribution in [3.05, 3.63) is 10.4 Å². The van der Waals surface area contributed by atoms with Gasteiger partial charge in [0.2, 0.25) is 0 Å². The molecule has 0 radical (unpaired) electrons. The van der Waals surface area contributed by atoms with E-state index in [4.69, 9.17) is 28.6 Å². The number of azide groups is 1. The molecule has 10 heteroatoms. The Bertz CT molecular complexity index is 523. The lowest BCUT2D eigenvalue weighted by Gasteiger charge is -2.23. The first kappa shape index (κ1) is 22.6. The summed E-state index contributed by atoms with van der Waals surface area (Å²) in [6.07, 6.45) is 6.14. The normalized spacial score (nSPS) is 24.4. The number of hydrogen-bond acceptors (Lipinski definition) is 7. The largest absolute Gasteiger partial charge is 0.474 e. The molecule has 1 aliphatic carbocycles. The van der Waals surface area contributed by atoms with Gasteiger partial charge in [-0.15, -0.1) is 0 Å². The van der Waals surface area contributed by atoms with Gasteiger partial charge in [-0.2, -0.15) is 0 Å². The average molecular weight is 405 g/mol. The van der Waals surface area contributed by atoms with E-state index < -0.39 is 25.8 Å². The van der Waals surface area contributed by atoms with Crippen LogP contribution in [0.2, 0.25) is 0 Å². The standard InChI is InChI=1S/C17H32N3O6P/c1-3-5-11-22-27(21,23-12-6-4-2)24-14-16-15(13-19-20-18)25-17(26-16)9-7-8-10-17/h15-16H,3-14H2,1-2H3/t15-,16-/m0/s1. The molecule has 1 saturated carbocycles. The number of phosphoric ester groups is 1. The van der Waals surface area contributed by atoms with Crippen molar-refractivity contribution in [2.45, 2.75) is 83.2 Å². The van der Waals surface area contributed by atoms with Gasteiger partial charge in [-0.3, -0.25) is 13.6 Å². The molecule has 1 saturated heterocycles. The zero-order chi connectivity index (χ0) is 19.6. The molecule has 156 valence electrons. The molecule has 0 aromatic rings. The van der Waals surface area contributed by atoms with Gasteiger partial charge < -0.3 is 9.47 Å². The smallest absolute Gasteiger partial charge is 0.344 e. The van der Waals surface area contributed by atoms with Crippen molar-refractivity contribution in [1.82, 2.24) is 0 Å². The second kappa shape index (κ2) is 11.4. The maximum atomic E-state index is 12.9. The minimum atomic E-state index is -3.67. The maximum Gasteiger partial charge on any atom is 0.474 e. The van der Waals surface area contributed by atoms with Crippen LogP contribution in [0.25, 0.3) is 10.4 Å². The molecule has 0 aromatic heterocycles. The first-order valence-corrected chi connectivity index (χ1v) is 11.4. The zero-order valence-corrected chi connectivity index (χ0v) is 17.3. The van der Waals surface area contributed by atoms with E-state index >= 15 is 0 Å². The Morgan fingerprint density at radius 3 is 2.22 bits per heavy atom. The molecule has 1 spiro atoms. The lowest BCUT2D eigenvalue weighted by atomic mass is 10.2. The van der Waals surface area contributed by atoms with E-state index in [2.05, 4.69) is 10.0 Å². The van der Waals surface area contributed by atoms with Crippen LogP contribution < -0.4 is 0 Å². The van der Waals surface area contributed by atoms with Crippen LogP contribution in [0.15, 0.2) is 5.11 Å². The molecule has 0 bridgehead atoms. The average Bonchev–Trinajstić information content (AvgIpc) is 3.25. The van der Waals surface area contributed by atoms with E-state index in [1.54, 1.807) is 0 Å². The lowest BCUT2D eigenvalue weighted by molar-refractivity contribution is -0.170. The quantitative estimate of drug-likeness (QED) is 0.138. The van der Waals surface area contributed by atoms with E-state index in [0.29, 0.717) is 13.2 Å². The monoisotopic (exact) mass is 405 g/mol. The summed E-state index contributed by atoms with van der Waals surface area (Å²) in [5.41, 5.74) is 8.62. The summed E-state index contributed by atoms with van der Waals surface area (Å²) in [6, 6.07) is 0. The predicted octanol–water partition coefficient (Wildman–Crippen LogP) is 5.11.